The summed E-state index contributed by atoms with van der Waals surface area (Å²) in [5.41, 5.74) is -1.61. The van der Waals surface area contributed by atoms with Gasteiger partial charge in [-0.2, -0.15) is 13.2 Å². The van der Waals surface area contributed by atoms with E-state index in [1.807, 2.05) is 0 Å². The third kappa shape index (κ3) is 5.33. The third-order valence-corrected chi connectivity index (χ3v) is 5.87. The third-order valence-electron chi connectivity index (χ3n) is 5.63. The number of hydrogen-bond donors (Lipinski definition) is 0. The van der Waals surface area contributed by atoms with Crippen LogP contribution < -0.4 is 9.84 Å². The highest BCUT2D eigenvalue weighted by Crippen LogP contribution is 2.44. The van der Waals surface area contributed by atoms with Gasteiger partial charge in [-0.15, -0.1) is 0 Å². The van der Waals surface area contributed by atoms with Crippen LogP contribution in [0.4, 0.5) is 26.3 Å². The Morgan fingerprint density at radius 2 is 1.67 bits per heavy atom. The first kappa shape index (κ1) is 25.6. The van der Waals surface area contributed by atoms with Crippen LogP contribution >= 0.6 is 11.6 Å². The lowest BCUT2D eigenvalue weighted by molar-refractivity contribution is -0.255. The van der Waals surface area contributed by atoms with E-state index in [0.717, 1.165) is 6.07 Å². The second-order valence-corrected chi connectivity index (χ2v) is 8.44. The molecule has 36 heavy (non-hydrogen) atoms. The average Bonchev–Trinajstić information content (AvgIpc) is 3.28. The van der Waals surface area contributed by atoms with E-state index in [1.54, 1.807) is 0 Å². The van der Waals surface area contributed by atoms with Crippen molar-refractivity contribution < 1.29 is 41.0 Å². The molecule has 3 aromatic rings. The summed E-state index contributed by atoms with van der Waals surface area (Å²) in [7, 11) is 0. The molecule has 0 atom stereocenters. The maximum absolute atomic E-state index is 14.1. The standard InChI is InChI=1S/C25H16ClF6NO3/c26-13-4-5-23(36-11-18-19(28)9-14(27)10-20(18)29)17(8-13)15-2-1-3-16(15)21-6-12(25(30,31)32)7-22(33-21)24(34)35/h4-10H,1-3,11H2,(H,34,35)/p-1. The van der Waals surface area contributed by atoms with Gasteiger partial charge in [0, 0.05) is 22.7 Å². The van der Waals surface area contributed by atoms with Crippen LogP contribution in [0, 0.1) is 17.5 Å². The molecule has 0 N–H and O–H groups in total. The Morgan fingerprint density at radius 1 is 1.00 bits per heavy atom. The lowest BCUT2D eigenvalue weighted by Crippen LogP contribution is -2.25. The van der Waals surface area contributed by atoms with E-state index in [1.165, 1.54) is 18.2 Å². The number of allylic oxidation sites excluding steroid dienone is 2. The number of pyridine rings is 1. The zero-order chi connectivity index (χ0) is 26.2. The van der Waals surface area contributed by atoms with Gasteiger partial charge in [0.25, 0.3) is 0 Å². The lowest BCUT2D eigenvalue weighted by atomic mass is 9.98. The Bertz CT molecular complexity index is 1360. The summed E-state index contributed by atoms with van der Waals surface area (Å²) in [6, 6.07) is 6.51. The zero-order valence-corrected chi connectivity index (χ0v) is 18.9. The van der Waals surface area contributed by atoms with E-state index < -0.39 is 53.0 Å². The van der Waals surface area contributed by atoms with Gasteiger partial charge in [0.2, 0.25) is 0 Å². The van der Waals surface area contributed by atoms with Gasteiger partial charge in [0.1, 0.15) is 29.8 Å². The summed E-state index contributed by atoms with van der Waals surface area (Å²) in [4.78, 5) is 15.2. The van der Waals surface area contributed by atoms with Crippen molar-refractivity contribution in [1.82, 2.24) is 4.98 Å². The van der Waals surface area contributed by atoms with Crippen molar-refractivity contribution in [1.29, 1.82) is 0 Å². The Morgan fingerprint density at radius 3 is 2.31 bits per heavy atom. The maximum atomic E-state index is 14.1. The van der Waals surface area contributed by atoms with E-state index in [9.17, 15) is 36.2 Å². The largest absolute Gasteiger partial charge is 0.543 e. The predicted molar refractivity (Wildman–Crippen MR) is 116 cm³/mol. The van der Waals surface area contributed by atoms with E-state index in [-0.39, 0.29) is 22.9 Å². The lowest BCUT2D eigenvalue weighted by Gasteiger charge is -2.17. The highest BCUT2D eigenvalue weighted by molar-refractivity contribution is 6.30. The number of carbonyl (C=O) groups is 1. The zero-order valence-electron chi connectivity index (χ0n) is 18.2. The molecule has 0 amide bonds. The highest BCUT2D eigenvalue weighted by Gasteiger charge is 2.33. The molecular formula is C25H15ClF6NO3-. The maximum Gasteiger partial charge on any atom is 0.416 e. The van der Waals surface area contributed by atoms with Gasteiger partial charge in [-0.25, -0.2) is 18.2 Å². The molecule has 0 unspecified atom stereocenters. The van der Waals surface area contributed by atoms with Crippen LogP contribution in [-0.2, 0) is 12.8 Å². The molecule has 4 nitrogen and oxygen atoms in total. The fourth-order valence-electron chi connectivity index (χ4n) is 4.00. The van der Waals surface area contributed by atoms with E-state index >= 15 is 0 Å². The van der Waals surface area contributed by atoms with Crippen molar-refractivity contribution in [3.05, 3.63) is 93.0 Å². The normalized spacial score (nSPS) is 13.9. The van der Waals surface area contributed by atoms with Crippen LogP contribution in [0.1, 0.15) is 52.1 Å². The number of ether oxygens (including phenoxy) is 1. The van der Waals surface area contributed by atoms with Gasteiger partial charge < -0.3 is 14.6 Å². The molecule has 1 heterocycles. The first-order chi connectivity index (χ1) is 16.9. The van der Waals surface area contributed by atoms with E-state index in [4.69, 9.17) is 16.3 Å². The predicted octanol–water partition coefficient (Wildman–Crippen LogP) is 6.21. The average molecular weight is 527 g/mol. The van der Waals surface area contributed by atoms with Gasteiger partial charge >= 0.3 is 6.18 Å². The van der Waals surface area contributed by atoms with Crippen LogP contribution in [-0.4, -0.2) is 11.0 Å². The molecule has 4 rings (SSSR count). The molecule has 0 bridgehead atoms. The Hall–Kier alpha value is -3.53. The molecule has 11 heteroatoms. The minimum absolute atomic E-state index is 0.115. The molecule has 188 valence electrons. The smallest absolute Gasteiger partial charge is 0.416 e. The number of halogens is 7. The Kier molecular flexibility index (Phi) is 6.99. The van der Waals surface area contributed by atoms with E-state index in [2.05, 4.69) is 4.98 Å². The number of nitrogens with zero attached hydrogens (tertiary/aromatic N) is 1. The summed E-state index contributed by atoms with van der Waals surface area (Å²) in [5.74, 6) is -5.13. The van der Waals surface area contributed by atoms with Gasteiger partial charge in [0.05, 0.1) is 28.5 Å². The van der Waals surface area contributed by atoms with Crippen LogP contribution in [0.15, 0.2) is 42.5 Å². The summed E-state index contributed by atoms with van der Waals surface area (Å²) in [6.07, 6.45) is -3.67. The minimum Gasteiger partial charge on any atom is -0.543 e. The monoisotopic (exact) mass is 526 g/mol. The molecular weight excluding hydrogens is 512 g/mol. The summed E-state index contributed by atoms with van der Waals surface area (Å²) >= 11 is 6.14. The molecule has 1 aliphatic carbocycles. The molecule has 0 aliphatic heterocycles. The quantitative estimate of drug-likeness (QED) is 0.358. The number of benzene rings is 2. The van der Waals surface area contributed by atoms with Gasteiger partial charge in [-0.1, -0.05) is 11.6 Å². The topological polar surface area (TPSA) is 62.2 Å². The summed E-state index contributed by atoms with van der Waals surface area (Å²) in [5, 5.41) is 11.6. The number of aromatic nitrogens is 1. The minimum atomic E-state index is -4.82. The first-order valence-electron chi connectivity index (χ1n) is 10.5. The Balaban J connectivity index is 1.79. The summed E-state index contributed by atoms with van der Waals surface area (Å²) < 4.78 is 87.2. The number of carbonyl (C=O) groups excluding carboxylic acids is 1. The second kappa shape index (κ2) is 9.85. The van der Waals surface area contributed by atoms with Crippen molar-refractivity contribution in [2.45, 2.75) is 32.0 Å². The highest BCUT2D eigenvalue weighted by atomic mass is 35.5. The molecule has 0 saturated carbocycles. The van der Waals surface area contributed by atoms with Crippen molar-refractivity contribution in [3.8, 4) is 5.75 Å². The molecule has 0 radical (unpaired) electrons. The van der Waals surface area contributed by atoms with Crippen LogP contribution in [0.2, 0.25) is 5.02 Å². The van der Waals surface area contributed by atoms with Crippen LogP contribution in [0.25, 0.3) is 11.1 Å². The number of alkyl halides is 3. The second-order valence-electron chi connectivity index (χ2n) is 8.00. The molecule has 0 fully saturated rings. The Labute approximate surface area is 205 Å². The van der Waals surface area contributed by atoms with Crippen molar-refractivity contribution in [2.75, 3.05) is 0 Å². The molecule has 2 aromatic carbocycles. The van der Waals surface area contributed by atoms with Gasteiger partial charge in [-0.3, -0.25) is 0 Å². The number of aromatic carboxylic acids is 1. The SMILES string of the molecule is O=C([O-])c1cc(C(F)(F)F)cc(C2=C(c3cc(Cl)ccc3OCc3c(F)cc(F)cc3F)CCC2)n1. The fourth-order valence-corrected chi connectivity index (χ4v) is 4.17. The van der Waals surface area contributed by atoms with E-state index in [0.29, 0.717) is 47.8 Å². The van der Waals surface area contributed by atoms with Crippen molar-refractivity contribution in [2.24, 2.45) is 0 Å². The van der Waals surface area contributed by atoms with Crippen molar-refractivity contribution in [3.63, 3.8) is 0 Å². The molecule has 0 saturated heterocycles. The van der Waals surface area contributed by atoms with Gasteiger partial charge in [-0.05, 0) is 60.7 Å². The number of carboxylic acid groups (broad SMARTS) is 1. The van der Waals surface area contributed by atoms with Crippen LogP contribution in [0.5, 0.6) is 5.75 Å². The first-order valence-corrected chi connectivity index (χ1v) is 10.9. The summed E-state index contributed by atoms with van der Waals surface area (Å²) in [6.45, 7) is -0.605. The van der Waals surface area contributed by atoms with Gasteiger partial charge in [0.15, 0.2) is 0 Å². The number of hydrogen-bond acceptors (Lipinski definition) is 4. The van der Waals surface area contributed by atoms with Crippen LogP contribution in [0.3, 0.4) is 0 Å². The molecule has 0 spiro atoms. The number of rotatable bonds is 6. The number of carboxylic acids is 1. The molecule has 1 aromatic heterocycles. The van der Waals surface area contributed by atoms with Crippen molar-refractivity contribution >= 4 is 28.7 Å². The molecule has 1 aliphatic rings. The fraction of sp³-hybridized carbons (Fsp3) is 0.200.